The number of hydrogen-bond acceptors (Lipinski definition) is 2. The predicted molar refractivity (Wildman–Crippen MR) is 84.3 cm³/mol. The molecule has 1 amide bonds. The second-order valence-corrected chi connectivity index (χ2v) is 5.52. The Hall–Kier alpha value is -1.81. The smallest absolute Gasteiger partial charge is 0.255 e. The lowest BCUT2D eigenvalue weighted by atomic mass is 10.1. The first-order valence-corrected chi connectivity index (χ1v) is 7.20. The normalized spacial score (nSPS) is 10.3. The molecule has 2 aromatic rings. The zero-order valence-electron chi connectivity index (χ0n) is 11.4. The number of aryl methyl sites for hydroxylation is 2. The van der Waals surface area contributed by atoms with E-state index in [0.29, 0.717) is 5.56 Å². The van der Waals surface area contributed by atoms with Crippen LogP contribution in [-0.4, -0.2) is 11.0 Å². The van der Waals surface area contributed by atoms with Gasteiger partial charge in [-0.25, -0.2) is 0 Å². The zero-order valence-corrected chi connectivity index (χ0v) is 13.0. The van der Waals surface area contributed by atoms with Crippen LogP contribution in [0.15, 0.2) is 40.9 Å². The average molecular weight is 334 g/mol. The molecule has 4 heteroatoms. The fraction of sp³-hybridized carbons (Fsp3) is 0.188. The van der Waals surface area contributed by atoms with E-state index in [0.717, 1.165) is 27.7 Å². The molecule has 0 heterocycles. The summed E-state index contributed by atoms with van der Waals surface area (Å²) in [4.78, 5) is 12.3. The number of carbonyl (C=O) groups is 1. The minimum atomic E-state index is -0.167. The van der Waals surface area contributed by atoms with Gasteiger partial charge in [-0.05, 0) is 60.9 Å². The molecule has 2 aromatic carbocycles. The molecule has 2 N–H and O–H groups in total. The predicted octanol–water partition coefficient (Wildman–Crippen LogP) is 4.28. The third-order valence-corrected chi connectivity index (χ3v) is 3.64. The molecule has 0 bridgehead atoms. The Morgan fingerprint density at radius 1 is 1.25 bits per heavy atom. The van der Waals surface area contributed by atoms with Crippen molar-refractivity contribution in [1.82, 2.24) is 0 Å². The summed E-state index contributed by atoms with van der Waals surface area (Å²) in [6.07, 6.45) is 0.837. The highest BCUT2D eigenvalue weighted by atomic mass is 79.9. The van der Waals surface area contributed by atoms with Crippen LogP contribution in [0.5, 0.6) is 5.75 Å². The van der Waals surface area contributed by atoms with Crippen LogP contribution >= 0.6 is 15.9 Å². The molecule has 2 rings (SSSR count). The molecule has 104 valence electrons. The molecule has 3 nitrogen and oxygen atoms in total. The van der Waals surface area contributed by atoms with Gasteiger partial charge >= 0.3 is 0 Å². The molecule has 0 saturated heterocycles. The SMILES string of the molecule is CCc1cc(Br)ccc1NC(=O)c1ccc(O)cc1C. The maximum absolute atomic E-state index is 12.3. The summed E-state index contributed by atoms with van der Waals surface area (Å²) in [6.45, 7) is 3.85. The number of halogens is 1. The van der Waals surface area contributed by atoms with Crippen LogP contribution < -0.4 is 5.32 Å². The minimum Gasteiger partial charge on any atom is -0.508 e. The van der Waals surface area contributed by atoms with Crippen LogP contribution in [0.4, 0.5) is 5.69 Å². The molecule has 0 aliphatic heterocycles. The van der Waals surface area contributed by atoms with Crippen molar-refractivity contribution in [3.63, 3.8) is 0 Å². The first-order chi connectivity index (χ1) is 9.51. The molecule has 0 spiro atoms. The highest BCUT2D eigenvalue weighted by molar-refractivity contribution is 9.10. The van der Waals surface area contributed by atoms with Crippen molar-refractivity contribution in [3.8, 4) is 5.75 Å². The highest BCUT2D eigenvalue weighted by Gasteiger charge is 2.11. The van der Waals surface area contributed by atoms with Gasteiger partial charge in [-0.2, -0.15) is 0 Å². The lowest BCUT2D eigenvalue weighted by Gasteiger charge is -2.12. The number of rotatable bonds is 3. The molecule has 0 aromatic heterocycles. The summed E-state index contributed by atoms with van der Waals surface area (Å²) in [7, 11) is 0. The second kappa shape index (κ2) is 6.09. The van der Waals surface area contributed by atoms with Crippen molar-refractivity contribution in [2.24, 2.45) is 0 Å². The minimum absolute atomic E-state index is 0.164. The van der Waals surface area contributed by atoms with Crippen LogP contribution in [0.1, 0.15) is 28.4 Å². The number of nitrogens with one attached hydrogen (secondary N) is 1. The zero-order chi connectivity index (χ0) is 14.7. The standard InChI is InChI=1S/C16H16BrNO2/c1-3-11-9-12(17)4-7-15(11)18-16(20)14-6-5-13(19)8-10(14)2/h4-9,19H,3H2,1-2H3,(H,18,20). The third-order valence-electron chi connectivity index (χ3n) is 3.15. The molecule has 0 radical (unpaired) electrons. The molecule has 20 heavy (non-hydrogen) atoms. The van der Waals surface area contributed by atoms with Gasteiger partial charge in [0.15, 0.2) is 0 Å². The Bertz CT molecular complexity index is 653. The van der Waals surface area contributed by atoms with Gasteiger partial charge < -0.3 is 10.4 Å². The Morgan fingerprint density at radius 3 is 2.65 bits per heavy atom. The monoisotopic (exact) mass is 333 g/mol. The first-order valence-electron chi connectivity index (χ1n) is 6.40. The Balaban J connectivity index is 2.28. The van der Waals surface area contributed by atoms with Crippen molar-refractivity contribution in [2.45, 2.75) is 20.3 Å². The van der Waals surface area contributed by atoms with Crippen LogP contribution in [0.3, 0.4) is 0 Å². The maximum atomic E-state index is 12.3. The van der Waals surface area contributed by atoms with Gasteiger partial charge in [-0.15, -0.1) is 0 Å². The summed E-state index contributed by atoms with van der Waals surface area (Å²) >= 11 is 3.43. The number of anilines is 1. The number of aromatic hydroxyl groups is 1. The number of phenols is 1. The van der Waals surface area contributed by atoms with E-state index >= 15 is 0 Å². The van der Waals surface area contributed by atoms with Gasteiger partial charge in [0.1, 0.15) is 5.75 Å². The summed E-state index contributed by atoms with van der Waals surface area (Å²) < 4.78 is 0.994. The van der Waals surface area contributed by atoms with E-state index in [1.54, 1.807) is 19.1 Å². The van der Waals surface area contributed by atoms with E-state index in [9.17, 15) is 9.90 Å². The third kappa shape index (κ3) is 3.20. The van der Waals surface area contributed by atoms with E-state index in [4.69, 9.17) is 0 Å². The fourth-order valence-electron chi connectivity index (χ4n) is 2.07. The molecule has 0 unspecified atom stereocenters. The number of benzene rings is 2. The second-order valence-electron chi connectivity index (χ2n) is 4.61. The van der Waals surface area contributed by atoms with Crippen molar-refractivity contribution in [3.05, 3.63) is 57.6 Å². The van der Waals surface area contributed by atoms with Gasteiger partial charge in [0.25, 0.3) is 5.91 Å². The molecule has 0 aliphatic rings. The van der Waals surface area contributed by atoms with Crippen molar-refractivity contribution in [1.29, 1.82) is 0 Å². The molecule has 0 atom stereocenters. The number of hydrogen-bond donors (Lipinski definition) is 2. The van der Waals surface area contributed by atoms with E-state index in [2.05, 4.69) is 21.2 Å². The van der Waals surface area contributed by atoms with Crippen molar-refractivity contribution < 1.29 is 9.90 Å². The molecule has 0 saturated carbocycles. The van der Waals surface area contributed by atoms with E-state index in [1.165, 1.54) is 6.07 Å². The average Bonchev–Trinajstić information content (AvgIpc) is 2.40. The van der Waals surface area contributed by atoms with Crippen molar-refractivity contribution in [2.75, 3.05) is 5.32 Å². The molecular formula is C16H16BrNO2. The van der Waals surface area contributed by atoms with Crippen LogP contribution in [0, 0.1) is 6.92 Å². The molecule has 0 aliphatic carbocycles. The maximum Gasteiger partial charge on any atom is 0.255 e. The van der Waals surface area contributed by atoms with Crippen molar-refractivity contribution >= 4 is 27.5 Å². The Labute approximate surface area is 126 Å². The van der Waals surface area contributed by atoms with Gasteiger partial charge in [-0.1, -0.05) is 22.9 Å². The van der Waals surface area contributed by atoms with E-state index in [-0.39, 0.29) is 11.7 Å². The van der Waals surface area contributed by atoms with Gasteiger partial charge in [0.05, 0.1) is 0 Å². The van der Waals surface area contributed by atoms with Crippen LogP contribution in [0.25, 0.3) is 0 Å². The lowest BCUT2D eigenvalue weighted by molar-refractivity contribution is 0.102. The van der Waals surface area contributed by atoms with Gasteiger partial charge in [-0.3, -0.25) is 4.79 Å². The van der Waals surface area contributed by atoms with Crippen LogP contribution in [-0.2, 0) is 6.42 Å². The van der Waals surface area contributed by atoms with E-state index < -0.39 is 0 Å². The Morgan fingerprint density at radius 2 is 2.00 bits per heavy atom. The number of amides is 1. The quantitative estimate of drug-likeness (QED) is 0.880. The Kier molecular flexibility index (Phi) is 4.45. The summed E-state index contributed by atoms with van der Waals surface area (Å²) in [5.74, 6) is -0.00328. The van der Waals surface area contributed by atoms with Gasteiger partial charge in [0, 0.05) is 15.7 Å². The number of phenolic OH excluding ortho intramolecular Hbond substituents is 1. The summed E-state index contributed by atoms with van der Waals surface area (Å²) in [6, 6.07) is 10.5. The lowest BCUT2D eigenvalue weighted by Crippen LogP contribution is -2.14. The highest BCUT2D eigenvalue weighted by Crippen LogP contribution is 2.23. The van der Waals surface area contributed by atoms with E-state index in [1.807, 2.05) is 25.1 Å². The molecular weight excluding hydrogens is 318 g/mol. The first kappa shape index (κ1) is 14.6. The molecule has 0 fully saturated rings. The summed E-state index contributed by atoms with van der Waals surface area (Å²) in [5.41, 5.74) is 3.20. The number of carbonyl (C=O) groups excluding carboxylic acids is 1. The van der Waals surface area contributed by atoms with Crippen LogP contribution in [0.2, 0.25) is 0 Å². The fourth-order valence-corrected chi connectivity index (χ4v) is 2.48. The largest absolute Gasteiger partial charge is 0.508 e. The van der Waals surface area contributed by atoms with Gasteiger partial charge in [0.2, 0.25) is 0 Å². The summed E-state index contributed by atoms with van der Waals surface area (Å²) in [5, 5.41) is 12.3. The topological polar surface area (TPSA) is 49.3 Å².